The molecule has 0 saturated carbocycles. The normalized spacial score (nSPS) is 13.5. The van der Waals surface area contributed by atoms with E-state index < -0.39 is 28.0 Å². The van der Waals surface area contributed by atoms with Crippen molar-refractivity contribution in [3.8, 4) is 0 Å². The molecule has 0 bridgehead atoms. The van der Waals surface area contributed by atoms with Crippen LogP contribution in [0.25, 0.3) is 0 Å². The number of hydrogen-bond acceptors (Lipinski definition) is 4. The Morgan fingerprint density at radius 3 is 1.17 bits per heavy atom. The van der Waals surface area contributed by atoms with E-state index in [1.807, 2.05) is 6.08 Å². The smallest absolute Gasteiger partial charge is 0.267 e. The van der Waals surface area contributed by atoms with Crippen molar-refractivity contribution in [2.45, 2.75) is 251 Å². The van der Waals surface area contributed by atoms with Crippen molar-refractivity contribution in [3.05, 3.63) is 36.5 Å². The van der Waals surface area contributed by atoms with E-state index in [9.17, 15) is 22.9 Å². The molecule has 0 aromatic heterocycles. The van der Waals surface area contributed by atoms with Crippen LogP contribution in [-0.2, 0) is 14.9 Å². The summed E-state index contributed by atoms with van der Waals surface area (Å²) in [6.07, 6.45) is 54.3. The Morgan fingerprint density at radius 2 is 0.796 bits per heavy atom. The summed E-state index contributed by atoms with van der Waals surface area (Å²) in [6.45, 7) is 4.54. The Morgan fingerprint density at radius 1 is 0.481 bits per heavy atom. The molecule has 2 atom stereocenters. The fourth-order valence-electron chi connectivity index (χ4n) is 7.07. The van der Waals surface area contributed by atoms with Gasteiger partial charge in [-0.2, -0.15) is 8.42 Å². The lowest BCUT2D eigenvalue weighted by Gasteiger charge is -2.21. The number of nitrogens with one attached hydrogen (secondary N) is 1. The van der Waals surface area contributed by atoms with E-state index in [-0.39, 0.29) is 12.3 Å². The Hall–Kier alpha value is -1.44. The minimum atomic E-state index is -4.36. The summed E-state index contributed by atoms with van der Waals surface area (Å²) in [5.74, 6) is -1.00. The first-order valence-corrected chi connectivity index (χ1v) is 24.8. The van der Waals surface area contributed by atoms with Crippen LogP contribution >= 0.6 is 0 Å². The van der Waals surface area contributed by atoms with Gasteiger partial charge in [-0.15, -0.1) is 0 Å². The molecular formula is C47H89NO5S. The molecule has 3 N–H and O–H groups in total. The Bertz CT molecular complexity index is 992. The lowest BCUT2D eigenvalue weighted by atomic mass is 10.0. The highest BCUT2D eigenvalue weighted by molar-refractivity contribution is 7.85. The van der Waals surface area contributed by atoms with Crippen LogP contribution in [0.2, 0.25) is 0 Å². The molecule has 2 unspecified atom stereocenters. The third-order valence-electron chi connectivity index (χ3n) is 10.5. The molecule has 0 aromatic carbocycles. The van der Waals surface area contributed by atoms with Crippen LogP contribution in [0.3, 0.4) is 0 Å². The second-order valence-corrected chi connectivity index (χ2v) is 17.5. The van der Waals surface area contributed by atoms with Crippen LogP contribution in [0.15, 0.2) is 36.5 Å². The molecule has 0 fully saturated rings. The molecule has 7 heteroatoms. The standard InChI is InChI=1S/C47H89NO5S/c1-3-5-7-9-11-13-15-17-19-21-23-25-26-28-30-32-34-36-38-40-42-46(49)45(44-54(51,52)53)48-47(50)43-41-39-37-35-33-31-29-27-24-22-20-18-16-14-12-10-8-6-4-2/h25-26,32,34,40,42,45-46,49H,3-24,27-31,33,35-39,41,43-44H2,1-2H3,(H,48,50)(H,51,52,53)/b26-25+,34-32+,42-40+. The highest BCUT2D eigenvalue weighted by atomic mass is 32.2. The Labute approximate surface area is 336 Å². The third-order valence-corrected chi connectivity index (χ3v) is 11.3. The lowest BCUT2D eigenvalue weighted by Crippen LogP contribution is -2.46. The van der Waals surface area contributed by atoms with Gasteiger partial charge in [0, 0.05) is 6.42 Å². The Balaban J connectivity index is 3.91. The highest BCUT2D eigenvalue weighted by Gasteiger charge is 2.24. The number of rotatable bonds is 42. The lowest BCUT2D eigenvalue weighted by molar-refractivity contribution is -0.122. The van der Waals surface area contributed by atoms with Crippen LogP contribution in [0.4, 0.5) is 0 Å². The fourth-order valence-corrected chi connectivity index (χ4v) is 7.81. The molecule has 0 saturated heterocycles. The molecule has 0 aromatic rings. The summed E-state index contributed by atoms with van der Waals surface area (Å²) in [5, 5.41) is 13.2. The number of carbonyl (C=O) groups excluding carboxylic acids is 1. The van der Waals surface area contributed by atoms with Gasteiger partial charge in [-0.1, -0.05) is 224 Å². The molecule has 0 spiro atoms. The first-order chi connectivity index (χ1) is 26.3. The van der Waals surface area contributed by atoms with Gasteiger partial charge in [0.15, 0.2) is 0 Å². The molecule has 0 aliphatic carbocycles. The summed E-state index contributed by atoms with van der Waals surface area (Å²) >= 11 is 0. The van der Waals surface area contributed by atoms with Gasteiger partial charge in [0.2, 0.25) is 5.91 Å². The molecule has 0 heterocycles. The average Bonchev–Trinajstić information content (AvgIpc) is 3.14. The minimum Gasteiger partial charge on any atom is -0.387 e. The van der Waals surface area contributed by atoms with Crippen molar-refractivity contribution in [2.75, 3.05) is 5.75 Å². The van der Waals surface area contributed by atoms with Gasteiger partial charge in [-0.25, -0.2) is 0 Å². The molecule has 318 valence electrons. The first-order valence-electron chi connectivity index (χ1n) is 23.2. The van der Waals surface area contributed by atoms with E-state index >= 15 is 0 Å². The number of unbranched alkanes of at least 4 members (excludes halogenated alkanes) is 30. The van der Waals surface area contributed by atoms with Crippen LogP contribution in [-0.4, -0.2) is 41.9 Å². The van der Waals surface area contributed by atoms with Crippen molar-refractivity contribution in [3.63, 3.8) is 0 Å². The van der Waals surface area contributed by atoms with Crippen molar-refractivity contribution < 1.29 is 22.9 Å². The highest BCUT2D eigenvalue weighted by Crippen LogP contribution is 2.16. The van der Waals surface area contributed by atoms with Gasteiger partial charge in [-0.3, -0.25) is 9.35 Å². The second kappa shape index (κ2) is 41.2. The van der Waals surface area contributed by atoms with E-state index in [4.69, 9.17) is 0 Å². The van der Waals surface area contributed by atoms with E-state index in [0.29, 0.717) is 6.42 Å². The van der Waals surface area contributed by atoms with Gasteiger partial charge in [0.25, 0.3) is 10.1 Å². The van der Waals surface area contributed by atoms with Crippen molar-refractivity contribution >= 4 is 16.0 Å². The topological polar surface area (TPSA) is 104 Å². The molecule has 6 nitrogen and oxygen atoms in total. The monoisotopic (exact) mass is 780 g/mol. The summed E-state index contributed by atoms with van der Waals surface area (Å²) in [4.78, 5) is 12.5. The van der Waals surface area contributed by atoms with Crippen LogP contribution in [0.5, 0.6) is 0 Å². The number of amides is 1. The predicted octanol–water partition coefficient (Wildman–Crippen LogP) is 14.1. The molecule has 0 radical (unpaired) electrons. The van der Waals surface area contributed by atoms with Gasteiger partial charge in [0.1, 0.15) is 0 Å². The zero-order chi connectivity index (χ0) is 39.6. The zero-order valence-corrected chi connectivity index (χ0v) is 36.4. The van der Waals surface area contributed by atoms with Crippen LogP contribution in [0, 0.1) is 0 Å². The number of aliphatic hydroxyl groups excluding tert-OH is 1. The summed E-state index contributed by atoms with van der Waals surface area (Å²) < 4.78 is 32.6. The third kappa shape index (κ3) is 41.7. The maximum absolute atomic E-state index is 12.5. The first kappa shape index (κ1) is 52.6. The van der Waals surface area contributed by atoms with E-state index in [1.54, 1.807) is 0 Å². The number of hydrogen-bond donors (Lipinski definition) is 3. The van der Waals surface area contributed by atoms with Gasteiger partial charge in [0.05, 0.1) is 17.9 Å². The maximum Gasteiger partial charge on any atom is 0.267 e. The number of aliphatic hydroxyl groups is 1. The largest absolute Gasteiger partial charge is 0.387 e. The summed E-state index contributed by atoms with van der Waals surface area (Å²) in [6, 6.07) is -1.08. The predicted molar refractivity (Wildman–Crippen MR) is 235 cm³/mol. The van der Waals surface area contributed by atoms with E-state index in [0.717, 1.165) is 38.5 Å². The summed E-state index contributed by atoms with van der Waals surface area (Å²) in [7, 11) is -4.36. The maximum atomic E-state index is 12.5. The molecule has 0 rings (SSSR count). The molecule has 0 aliphatic rings. The van der Waals surface area contributed by atoms with Gasteiger partial charge in [-0.05, 0) is 44.9 Å². The molecule has 1 amide bonds. The second-order valence-electron chi connectivity index (χ2n) is 16.0. The zero-order valence-electron chi connectivity index (χ0n) is 35.6. The van der Waals surface area contributed by atoms with Crippen molar-refractivity contribution in [2.24, 2.45) is 0 Å². The molecular weight excluding hydrogens is 691 g/mol. The van der Waals surface area contributed by atoms with Gasteiger partial charge >= 0.3 is 0 Å². The van der Waals surface area contributed by atoms with Crippen molar-refractivity contribution in [1.29, 1.82) is 0 Å². The molecule has 0 aliphatic heterocycles. The van der Waals surface area contributed by atoms with Gasteiger partial charge < -0.3 is 10.4 Å². The SMILES string of the molecule is CCCCCCCCCCCC/C=C/CC/C=C/CC/C=C/C(O)C(CS(=O)(=O)O)NC(=O)CCCCCCCCCCCCCCCCCCCCC. The number of allylic oxidation sites excluding steroid dienone is 5. The van der Waals surface area contributed by atoms with Crippen molar-refractivity contribution in [1.82, 2.24) is 5.32 Å². The van der Waals surface area contributed by atoms with Crippen LogP contribution in [0.1, 0.15) is 239 Å². The summed E-state index contributed by atoms with van der Waals surface area (Å²) in [5.41, 5.74) is 0. The fraction of sp³-hybridized carbons (Fsp3) is 0.851. The van der Waals surface area contributed by atoms with E-state index in [1.165, 1.54) is 179 Å². The van der Waals surface area contributed by atoms with E-state index in [2.05, 4.69) is 43.5 Å². The average molecular weight is 780 g/mol. The Kier molecular flexibility index (Phi) is 40.1. The number of carbonyl (C=O) groups is 1. The van der Waals surface area contributed by atoms with Crippen LogP contribution < -0.4 is 5.32 Å². The minimum absolute atomic E-state index is 0.288. The quantitative estimate of drug-likeness (QED) is 0.0325. The molecule has 54 heavy (non-hydrogen) atoms.